The van der Waals surface area contributed by atoms with Crippen LogP contribution in [0.5, 0.6) is 5.75 Å². The molecule has 0 radical (unpaired) electrons. The minimum atomic E-state index is -0.511. The van der Waals surface area contributed by atoms with Gasteiger partial charge in [0.25, 0.3) is 0 Å². The van der Waals surface area contributed by atoms with Gasteiger partial charge < -0.3 is 9.47 Å². The summed E-state index contributed by atoms with van der Waals surface area (Å²) in [5, 5.41) is 4.12. The van der Waals surface area contributed by atoms with Crippen LogP contribution in [0, 0.1) is 0 Å². The van der Waals surface area contributed by atoms with Crippen LogP contribution in [0.15, 0.2) is 12.5 Å². The van der Waals surface area contributed by atoms with Crippen LogP contribution in [-0.2, 0) is 4.74 Å². The summed E-state index contributed by atoms with van der Waals surface area (Å²) in [6.07, 6.45) is 2.85. The number of aromatic nitrogens is 3. The number of carbonyl (C=O) groups excluding carboxylic acids is 1. The lowest BCUT2D eigenvalue weighted by atomic mass is 10.2. The van der Waals surface area contributed by atoms with Crippen LogP contribution in [0.4, 0.5) is 0 Å². The summed E-state index contributed by atoms with van der Waals surface area (Å²) < 4.78 is 11.5. The standard InChI is InChI=1S/C10H10ClN3O3/c1-3-17-10(15)7-6(16-2)4-14-8(7)9(11)12-5-13-14/h4-5H,3H2,1-2H3. The van der Waals surface area contributed by atoms with Gasteiger partial charge in [-0.2, -0.15) is 5.10 Å². The molecule has 2 aromatic heterocycles. The molecule has 0 atom stereocenters. The Balaban J connectivity index is 2.69. The second-order valence-electron chi connectivity index (χ2n) is 3.14. The molecule has 0 aliphatic rings. The van der Waals surface area contributed by atoms with Crippen LogP contribution in [0.3, 0.4) is 0 Å². The fourth-order valence-corrected chi connectivity index (χ4v) is 1.73. The molecule has 0 aromatic carbocycles. The van der Waals surface area contributed by atoms with Gasteiger partial charge in [0.05, 0.1) is 19.9 Å². The summed E-state index contributed by atoms with van der Waals surface area (Å²) in [5.74, 6) is -0.158. The molecule has 2 rings (SSSR count). The van der Waals surface area contributed by atoms with Crippen molar-refractivity contribution in [3.05, 3.63) is 23.2 Å². The number of nitrogens with zero attached hydrogens (tertiary/aromatic N) is 3. The van der Waals surface area contributed by atoms with Gasteiger partial charge in [-0.3, -0.25) is 0 Å². The molecule has 0 saturated carbocycles. The van der Waals surface area contributed by atoms with Crippen LogP contribution in [0.2, 0.25) is 5.15 Å². The van der Waals surface area contributed by atoms with Crippen molar-refractivity contribution in [1.29, 1.82) is 0 Å². The third-order valence-electron chi connectivity index (χ3n) is 2.19. The van der Waals surface area contributed by atoms with Crippen molar-refractivity contribution in [3.8, 4) is 5.75 Å². The van der Waals surface area contributed by atoms with E-state index < -0.39 is 5.97 Å². The maximum absolute atomic E-state index is 11.8. The largest absolute Gasteiger partial charge is 0.494 e. The van der Waals surface area contributed by atoms with Crippen LogP contribution in [0.1, 0.15) is 17.3 Å². The number of ether oxygens (including phenoxy) is 2. The third kappa shape index (κ3) is 1.91. The van der Waals surface area contributed by atoms with E-state index >= 15 is 0 Å². The summed E-state index contributed by atoms with van der Waals surface area (Å²) in [4.78, 5) is 15.7. The molecule has 0 fully saturated rings. The van der Waals surface area contributed by atoms with Gasteiger partial charge in [0.15, 0.2) is 10.9 Å². The summed E-state index contributed by atoms with van der Waals surface area (Å²) in [7, 11) is 1.46. The fraction of sp³-hybridized carbons (Fsp3) is 0.300. The lowest BCUT2D eigenvalue weighted by molar-refractivity contribution is 0.0525. The van der Waals surface area contributed by atoms with Gasteiger partial charge in [-0.1, -0.05) is 11.6 Å². The Morgan fingerprint density at radius 2 is 2.35 bits per heavy atom. The Morgan fingerprint density at radius 3 is 3.00 bits per heavy atom. The van der Waals surface area contributed by atoms with E-state index in [1.165, 1.54) is 18.0 Å². The Hall–Kier alpha value is -1.82. The zero-order valence-electron chi connectivity index (χ0n) is 9.31. The van der Waals surface area contributed by atoms with Crippen molar-refractivity contribution < 1.29 is 14.3 Å². The SMILES string of the molecule is CCOC(=O)c1c(OC)cn2ncnc(Cl)c12. The lowest BCUT2D eigenvalue weighted by Gasteiger charge is -2.03. The fourth-order valence-electron chi connectivity index (χ4n) is 1.51. The smallest absolute Gasteiger partial charge is 0.344 e. The Kier molecular flexibility index (Phi) is 3.14. The number of methoxy groups -OCH3 is 1. The molecule has 0 spiro atoms. The summed E-state index contributed by atoms with van der Waals surface area (Å²) in [5.41, 5.74) is 0.615. The minimum absolute atomic E-state index is 0.173. The first kappa shape index (κ1) is 11.7. The first-order valence-electron chi connectivity index (χ1n) is 4.92. The second-order valence-corrected chi connectivity index (χ2v) is 3.49. The molecule has 2 aromatic rings. The van der Waals surface area contributed by atoms with E-state index in [9.17, 15) is 4.79 Å². The molecule has 0 aliphatic carbocycles. The normalized spacial score (nSPS) is 10.5. The molecule has 2 heterocycles. The van der Waals surface area contributed by atoms with E-state index in [1.807, 2.05) is 0 Å². The van der Waals surface area contributed by atoms with Crippen LogP contribution in [-0.4, -0.2) is 34.3 Å². The second kappa shape index (κ2) is 4.58. The van der Waals surface area contributed by atoms with Crippen LogP contribution in [0.25, 0.3) is 5.52 Å². The molecule has 6 nitrogen and oxygen atoms in total. The third-order valence-corrected chi connectivity index (χ3v) is 2.47. The topological polar surface area (TPSA) is 65.7 Å². The number of hydrogen-bond acceptors (Lipinski definition) is 5. The summed E-state index contributed by atoms with van der Waals surface area (Å²) in [6, 6.07) is 0. The molecule has 0 bridgehead atoms. The average molecular weight is 256 g/mol. The van der Waals surface area contributed by atoms with E-state index in [2.05, 4.69) is 10.1 Å². The molecule has 7 heteroatoms. The Morgan fingerprint density at radius 1 is 1.59 bits per heavy atom. The molecule has 17 heavy (non-hydrogen) atoms. The number of hydrogen-bond donors (Lipinski definition) is 0. The molecular formula is C10H10ClN3O3. The van der Waals surface area contributed by atoms with Gasteiger partial charge in [-0.25, -0.2) is 14.3 Å². The molecule has 0 aliphatic heterocycles. The maximum atomic E-state index is 11.8. The van der Waals surface area contributed by atoms with Crippen molar-refractivity contribution in [2.45, 2.75) is 6.92 Å². The Labute approximate surface area is 102 Å². The highest BCUT2D eigenvalue weighted by Gasteiger charge is 2.23. The number of halogens is 1. The average Bonchev–Trinajstić information content (AvgIpc) is 2.69. The molecule has 0 amide bonds. The van der Waals surface area contributed by atoms with Crippen molar-refractivity contribution in [1.82, 2.24) is 14.6 Å². The van der Waals surface area contributed by atoms with Crippen molar-refractivity contribution in [2.24, 2.45) is 0 Å². The van der Waals surface area contributed by atoms with E-state index in [-0.39, 0.29) is 17.3 Å². The predicted molar refractivity (Wildman–Crippen MR) is 60.5 cm³/mol. The highest BCUT2D eigenvalue weighted by Crippen LogP contribution is 2.29. The zero-order valence-corrected chi connectivity index (χ0v) is 10.1. The van der Waals surface area contributed by atoms with Crippen molar-refractivity contribution in [3.63, 3.8) is 0 Å². The van der Waals surface area contributed by atoms with E-state index in [0.29, 0.717) is 11.3 Å². The van der Waals surface area contributed by atoms with Gasteiger partial charge in [0.2, 0.25) is 0 Å². The minimum Gasteiger partial charge on any atom is -0.494 e. The quantitative estimate of drug-likeness (QED) is 0.779. The zero-order chi connectivity index (χ0) is 12.4. The highest BCUT2D eigenvalue weighted by atomic mass is 35.5. The van der Waals surface area contributed by atoms with Gasteiger partial charge in [-0.15, -0.1) is 0 Å². The number of fused-ring (bicyclic) bond motifs is 1. The van der Waals surface area contributed by atoms with Gasteiger partial charge >= 0.3 is 5.97 Å². The molecule has 0 unspecified atom stereocenters. The number of esters is 1. The molecule has 90 valence electrons. The molecule has 0 saturated heterocycles. The maximum Gasteiger partial charge on any atom is 0.344 e. The molecule has 0 N–H and O–H groups in total. The van der Waals surface area contributed by atoms with E-state index in [4.69, 9.17) is 21.1 Å². The number of rotatable bonds is 3. The summed E-state index contributed by atoms with van der Waals surface area (Å²) >= 11 is 5.94. The van der Waals surface area contributed by atoms with Gasteiger partial charge in [0, 0.05) is 0 Å². The summed E-state index contributed by atoms with van der Waals surface area (Å²) in [6.45, 7) is 1.99. The highest BCUT2D eigenvalue weighted by molar-refractivity contribution is 6.33. The predicted octanol–water partition coefficient (Wildman–Crippen LogP) is 1.57. The van der Waals surface area contributed by atoms with Crippen LogP contribution >= 0.6 is 11.6 Å². The Bertz CT molecular complexity index is 567. The van der Waals surface area contributed by atoms with Gasteiger partial charge in [0.1, 0.15) is 17.4 Å². The van der Waals surface area contributed by atoms with Crippen LogP contribution < -0.4 is 4.74 Å². The number of carbonyl (C=O) groups is 1. The monoisotopic (exact) mass is 255 g/mol. The van der Waals surface area contributed by atoms with Crippen molar-refractivity contribution >= 4 is 23.1 Å². The van der Waals surface area contributed by atoms with E-state index in [1.54, 1.807) is 13.1 Å². The van der Waals surface area contributed by atoms with E-state index in [0.717, 1.165) is 0 Å². The van der Waals surface area contributed by atoms with Gasteiger partial charge in [-0.05, 0) is 6.92 Å². The first-order chi connectivity index (χ1) is 8.19. The first-order valence-corrected chi connectivity index (χ1v) is 5.29. The lowest BCUT2D eigenvalue weighted by Crippen LogP contribution is -2.06. The molecular weight excluding hydrogens is 246 g/mol. The van der Waals surface area contributed by atoms with Crippen molar-refractivity contribution in [2.75, 3.05) is 13.7 Å².